The van der Waals surface area contributed by atoms with E-state index in [2.05, 4.69) is 49.5 Å². The summed E-state index contributed by atoms with van der Waals surface area (Å²) in [6.45, 7) is 8.64. The molecule has 0 heterocycles. The third-order valence-electron chi connectivity index (χ3n) is 4.60. The minimum absolute atomic E-state index is 0.409. The van der Waals surface area contributed by atoms with Crippen molar-refractivity contribution in [1.82, 2.24) is 0 Å². The van der Waals surface area contributed by atoms with E-state index in [-0.39, 0.29) is 0 Å². The highest BCUT2D eigenvalue weighted by Gasteiger charge is 2.26. The normalized spacial score (nSPS) is 19.4. The molecule has 1 aromatic rings. The fourth-order valence-electron chi connectivity index (χ4n) is 2.83. The lowest BCUT2D eigenvalue weighted by atomic mass is 9.75. The lowest BCUT2D eigenvalue weighted by Gasteiger charge is -2.35. The Morgan fingerprint density at radius 2 is 1.70 bits per heavy atom. The molecule has 0 unspecified atom stereocenters. The Hall–Kier alpha value is -1.49. The van der Waals surface area contributed by atoms with Gasteiger partial charge >= 0.3 is 0 Å². The molecule has 20 heavy (non-hydrogen) atoms. The van der Waals surface area contributed by atoms with E-state index in [1.165, 1.54) is 31.4 Å². The molecule has 1 N–H and O–H groups in total. The van der Waals surface area contributed by atoms with E-state index in [4.69, 9.17) is 5.26 Å². The second-order valence-corrected chi connectivity index (χ2v) is 7.40. The maximum Gasteiger partial charge on any atom is 0.0766 e. The molecule has 0 amide bonds. The van der Waals surface area contributed by atoms with Gasteiger partial charge in [-0.2, -0.15) is 5.26 Å². The van der Waals surface area contributed by atoms with Gasteiger partial charge in [0.25, 0.3) is 0 Å². The van der Waals surface area contributed by atoms with E-state index < -0.39 is 5.41 Å². The predicted molar refractivity (Wildman–Crippen MR) is 84.7 cm³/mol. The Kier molecular flexibility index (Phi) is 4.09. The van der Waals surface area contributed by atoms with Gasteiger partial charge in [-0.15, -0.1) is 0 Å². The van der Waals surface area contributed by atoms with Crippen molar-refractivity contribution in [2.24, 2.45) is 5.41 Å². The Morgan fingerprint density at radius 3 is 2.20 bits per heavy atom. The maximum atomic E-state index is 9.16. The molecule has 0 aromatic heterocycles. The number of nitrogens with one attached hydrogen (secondary N) is 1. The molecule has 0 radical (unpaired) electrons. The lowest BCUT2D eigenvalue weighted by molar-refractivity contribution is 0.232. The van der Waals surface area contributed by atoms with Gasteiger partial charge in [-0.1, -0.05) is 26.0 Å². The Morgan fingerprint density at radius 1 is 1.15 bits per heavy atom. The van der Waals surface area contributed by atoms with Crippen LogP contribution in [-0.2, 0) is 5.41 Å². The summed E-state index contributed by atoms with van der Waals surface area (Å²) in [7, 11) is 0. The predicted octanol–water partition coefficient (Wildman–Crippen LogP) is 4.87. The summed E-state index contributed by atoms with van der Waals surface area (Å²) in [6.07, 6.45) is 5.09. The van der Waals surface area contributed by atoms with Crippen LogP contribution >= 0.6 is 0 Å². The molecule has 2 rings (SSSR count). The van der Waals surface area contributed by atoms with Gasteiger partial charge in [-0.3, -0.25) is 0 Å². The summed E-state index contributed by atoms with van der Waals surface area (Å²) in [5.74, 6) is 0. The van der Waals surface area contributed by atoms with Gasteiger partial charge in [-0.25, -0.2) is 0 Å². The van der Waals surface area contributed by atoms with Crippen LogP contribution in [0.15, 0.2) is 24.3 Å². The highest BCUT2D eigenvalue weighted by Crippen LogP contribution is 2.36. The number of hydrogen-bond acceptors (Lipinski definition) is 2. The van der Waals surface area contributed by atoms with Gasteiger partial charge < -0.3 is 5.32 Å². The molecule has 1 aromatic carbocycles. The van der Waals surface area contributed by atoms with Crippen LogP contribution in [0.5, 0.6) is 0 Å². The van der Waals surface area contributed by atoms with Gasteiger partial charge in [0.1, 0.15) is 0 Å². The van der Waals surface area contributed by atoms with Crippen molar-refractivity contribution in [1.29, 1.82) is 5.26 Å². The molecule has 0 aliphatic heterocycles. The van der Waals surface area contributed by atoms with Crippen LogP contribution in [0.4, 0.5) is 5.69 Å². The van der Waals surface area contributed by atoms with Crippen LogP contribution in [0.2, 0.25) is 0 Å². The van der Waals surface area contributed by atoms with E-state index in [1.54, 1.807) is 0 Å². The molecule has 1 aliphatic carbocycles. The van der Waals surface area contributed by atoms with Crippen LogP contribution in [0.3, 0.4) is 0 Å². The van der Waals surface area contributed by atoms with E-state index in [0.717, 1.165) is 5.56 Å². The zero-order chi connectivity index (χ0) is 14.8. The monoisotopic (exact) mass is 270 g/mol. The van der Waals surface area contributed by atoms with Gasteiger partial charge in [0.15, 0.2) is 0 Å². The summed E-state index contributed by atoms with van der Waals surface area (Å²) in [6, 6.07) is 11.3. The van der Waals surface area contributed by atoms with Crippen molar-refractivity contribution in [2.75, 3.05) is 5.32 Å². The topological polar surface area (TPSA) is 35.8 Å². The number of nitrogens with zero attached hydrogens (tertiary/aromatic N) is 1. The van der Waals surface area contributed by atoms with Gasteiger partial charge in [0.05, 0.1) is 11.5 Å². The number of nitriles is 1. The largest absolute Gasteiger partial charge is 0.382 e. The molecule has 0 atom stereocenters. The first-order chi connectivity index (χ1) is 9.32. The Bertz CT molecular complexity index is 481. The first-order valence-corrected chi connectivity index (χ1v) is 7.61. The molecule has 2 nitrogen and oxygen atoms in total. The molecular weight excluding hydrogens is 244 g/mol. The standard InChI is InChI=1S/C18H26N2/c1-17(2)11-9-16(10-12-17)20-15-7-5-14(6-8-15)18(3,4)13-19/h5-8,16,20H,9-12H2,1-4H3. The van der Waals surface area contributed by atoms with Crippen LogP contribution in [0, 0.1) is 16.7 Å². The maximum absolute atomic E-state index is 9.16. The molecule has 108 valence electrons. The third-order valence-corrected chi connectivity index (χ3v) is 4.60. The number of benzene rings is 1. The smallest absolute Gasteiger partial charge is 0.0766 e. The number of anilines is 1. The first kappa shape index (κ1) is 14.9. The van der Waals surface area contributed by atoms with Crippen molar-refractivity contribution in [3.05, 3.63) is 29.8 Å². The average Bonchev–Trinajstić information content (AvgIpc) is 2.42. The average molecular weight is 270 g/mol. The van der Waals surface area contributed by atoms with Crippen molar-refractivity contribution < 1.29 is 0 Å². The van der Waals surface area contributed by atoms with Crippen LogP contribution in [0.25, 0.3) is 0 Å². The summed E-state index contributed by atoms with van der Waals surface area (Å²) in [5, 5.41) is 12.8. The zero-order valence-corrected chi connectivity index (χ0v) is 13.2. The summed E-state index contributed by atoms with van der Waals surface area (Å²) < 4.78 is 0. The SMILES string of the molecule is CC1(C)CCC(Nc2ccc(C(C)(C)C#N)cc2)CC1. The molecule has 2 heteroatoms. The zero-order valence-electron chi connectivity index (χ0n) is 13.2. The Labute approximate surface area is 123 Å². The summed E-state index contributed by atoms with van der Waals surface area (Å²) in [4.78, 5) is 0. The Balaban J connectivity index is 1.97. The molecule has 1 saturated carbocycles. The molecular formula is C18H26N2. The number of hydrogen-bond donors (Lipinski definition) is 1. The van der Waals surface area contributed by atoms with Crippen molar-refractivity contribution >= 4 is 5.69 Å². The van der Waals surface area contributed by atoms with Gasteiger partial charge in [0.2, 0.25) is 0 Å². The quantitative estimate of drug-likeness (QED) is 0.850. The van der Waals surface area contributed by atoms with E-state index >= 15 is 0 Å². The van der Waals surface area contributed by atoms with Crippen LogP contribution in [0.1, 0.15) is 58.9 Å². The fraction of sp³-hybridized carbons (Fsp3) is 0.611. The molecule has 0 bridgehead atoms. The van der Waals surface area contributed by atoms with Crippen LogP contribution < -0.4 is 5.32 Å². The number of rotatable bonds is 3. The highest BCUT2D eigenvalue weighted by molar-refractivity contribution is 5.47. The molecule has 1 fully saturated rings. The summed E-state index contributed by atoms with van der Waals surface area (Å²) >= 11 is 0. The van der Waals surface area contributed by atoms with Crippen molar-refractivity contribution in [3.63, 3.8) is 0 Å². The van der Waals surface area contributed by atoms with E-state index in [9.17, 15) is 0 Å². The lowest BCUT2D eigenvalue weighted by Crippen LogP contribution is -2.29. The van der Waals surface area contributed by atoms with Gasteiger partial charge in [-0.05, 0) is 62.6 Å². The minimum atomic E-state index is -0.409. The van der Waals surface area contributed by atoms with Crippen molar-refractivity contribution in [3.8, 4) is 6.07 Å². The second kappa shape index (κ2) is 5.48. The van der Waals surface area contributed by atoms with Crippen LogP contribution in [-0.4, -0.2) is 6.04 Å². The fourth-order valence-corrected chi connectivity index (χ4v) is 2.83. The first-order valence-electron chi connectivity index (χ1n) is 7.61. The van der Waals surface area contributed by atoms with Crippen molar-refractivity contribution in [2.45, 2.75) is 64.8 Å². The third kappa shape index (κ3) is 3.54. The van der Waals surface area contributed by atoms with E-state index in [0.29, 0.717) is 11.5 Å². The second-order valence-electron chi connectivity index (χ2n) is 7.40. The summed E-state index contributed by atoms with van der Waals surface area (Å²) in [5.41, 5.74) is 2.36. The van der Waals surface area contributed by atoms with Gasteiger partial charge in [0, 0.05) is 11.7 Å². The van der Waals surface area contributed by atoms with E-state index in [1.807, 2.05) is 13.8 Å². The molecule has 0 spiro atoms. The molecule has 0 saturated heterocycles. The highest BCUT2D eigenvalue weighted by atomic mass is 14.9. The molecule has 1 aliphatic rings. The minimum Gasteiger partial charge on any atom is -0.382 e.